The molecule has 0 saturated carbocycles. The van der Waals surface area contributed by atoms with Crippen molar-refractivity contribution in [1.29, 1.82) is 0 Å². The van der Waals surface area contributed by atoms with Crippen LogP contribution in [0.5, 0.6) is 11.5 Å². The Morgan fingerprint density at radius 3 is 1.30 bits per heavy atom. The molecule has 2 fully saturated rings. The molecule has 2 unspecified atom stereocenters. The number of rotatable bonds is 10. The lowest BCUT2D eigenvalue weighted by atomic mass is 10.1. The van der Waals surface area contributed by atoms with Gasteiger partial charge in [0.25, 0.3) is 0 Å². The average molecular weight is 663 g/mol. The zero-order valence-corrected chi connectivity index (χ0v) is 27.8. The van der Waals surface area contributed by atoms with Crippen LogP contribution >= 0.6 is 0 Å². The van der Waals surface area contributed by atoms with E-state index in [9.17, 15) is 9.59 Å². The monoisotopic (exact) mass is 662 g/mol. The number of allylic oxidation sites excluding steroid dienone is 2. The molecule has 2 aliphatic heterocycles. The molecule has 2 saturated heterocycles. The van der Waals surface area contributed by atoms with Crippen LogP contribution in [-0.4, -0.2) is 37.4 Å². The molecule has 2 heterocycles. The Kier molecular flexibility index (Phi) is 12.1. The third-order valence-corrected chi connectivity index (χ3v) is 8.24. The van der Waals surface area contributed by atoms with Gasteiger partial charge in [0.15, 0.2) is 24.1 Å². The normalized spacial score (nSPS) is 17.3. The Morgan fingerprint density at radius 1 is 0.540 bits per heavy atom. The molecule has 4 aromatic carbocycles. The molecule has 6 rings (SSSR count). The predicted molar refractivity (Wildman–Crippen MR) is 195 cm³/mol. The van der Waals surface area contributed by atoms with E-state index in [1.54, 1.807) is 72.8 Å². The van der Waals surface area contributed by atoms with Crippen LogP contribution < -0.4 is 9.47 Å². The summed E-state index contributed by atoms with van der Waals surface area (Å²) in [5.41, 5.74) is 4.47. The second-order valence-electron chi connectivity index (χ2n) is 12.0. The molecule has 0 bridgehead atoms. The van der Waals surface area contributed by atoms with Crippen LogP contribution in [0.25, 0.3) is 12.2 Å². The van der Waals surface area contributed by atoms with Crippen molar-refractivity contribution < 1.29 is 28.5 Å². The van der Waals surface area contributed by atoms with Crippen LogP contribution in [0.2, 0.25) is 0 Å². The molecule has 4 aromatic rings. The summed E-state index contributed by atoms with van der Waals surface area (Å²) in [4.78, 5) is 25.4. The van der Waals surface area contributed by atoms with Crippen LogP contribution in [0.3, 0.4) is 0 Å². The summed E-state index contributed by atoms with van der Waals surface area (Å²) in [7, 11) is 0. The third kappa shape index (κ3) is 10.4. The van der Waals surface area contributed by atoms with Gasteiger partial charge in [0, 0.05) is 35.1 Å². The second-order valence-corrected chi connectivity index (χ2v) is 12.0. The topological polar surface area (TPSA) is 71.1 Å². The van der Waals surface area contributed by atoms with E-state index in [2.05, 4.69) is 23.7 Å². The molecule has 0 spiro atoms. The molecule has 50 heavy (non-hydrogen) atoms. The molecule has 0 N–H and O–H groups in total. The summed E-state index contributed by atoms with van der Waals surface area (Å²) in [6.07, 6.45) is 12.5. The first kappa shape index (κ1) is 34.2. The van der Waals surface area contributed by atoms with Crippen LogP contribution in [0.15, 0.2) is 109 Å². The number of ether oxygens (including phenoxy) is 4. The van der Waals surface area contributed by atoms with E-state index >= 15 is 0 Å². The third-order valence-electron chi connectivity index (χ3n) is 8.24. The SMILES string of the molecule is O=C(/C=C/c1ccc(OC2CCCCO2)cc1)c1ccc(C#CC#Cc2ccc(C(=O)/C=C/c3ccc(OC4CCCCO4)cc3)cc2)cc1. The lowest BCUT2D eigenvalue weighted by Gasteiger charge is -2.23. The van der Waals surface area contributed by atoms with E-state index in [1.807, 2.05) is 48.5 Å². The fourth-order valence-corrected chi connectivity index (χ4v) is 5.41. The zero-order chi connectivity index (χ0) is 34.4. The maximum atomic E-state index is 12.7. The number of carbonyl (C=O) groups excluding carboxylic acids is 2. The number of hydrogen-bond acceptors (Lipinski definition) is 6. The number of benzene rings is 4. The summed E-state index contributed by atoms with van der Waals surface area (Å²) < 4.78 is 23.0. The molecule has 0 amide bonds. The molecule has 2 aliphatic rings. The van der Waals surface area contributed by atoms with Gasteiger partial charge in [-0.2, -0.15) is 0 Å². The smallest absolute Gasteiger partial charge is 0.199 e. The Balaban J connectivity index is 0.954. The van der Waals surface area contributed by atoms with Gasteiger partial charge < -0.3 is 18.9 Å². The molecule has 250 valence electrons. The van der Waals surface area contributed by atoms with Gasteiger partial charge >= 0.3 is 0 Å². The highest BCUT2D eigenvalue weighted by atomic mass is 16.7. The summed E-state index contributed by atoms with van der Waals surface area (Å²) in [6, 6.07) is 29.5. The molecule has 0 aromatic heterocycles. The van der Waals surface area contributed by atoms with Crippen LogP contribution in [0.4, 0.5) is 0 Å². The van der Waals surface area contributed by atoms with E-state index in [0.717, 1.165) is 85.5 Å². The lowest BCUT2D eigenvalue weighted by Crippen LogP contribution is -2.24. The lowest BCUT2D eigenvalue weighted by molar-refractivity contribution is -0.106. The highest BCUT2D eigenvalue weighted by Gasteiger charge is 2.16. The summed E-state index contributed by atoms with van der Waals surface area (Å²) in [6.45, 7) is 1.47. The average Bonchev–Trinajstić information content (AvgIpc) is 3.17. The van der Waals surface area contributed by atoms with Crippen LogP contribution in [0, 0.1) is 23.7 Å². The van der Waals surface area contributed by atoms with E-state index < -0.39 is 0 Å². The van der Waals surface area contributed by atoms with Gasteiger partial charge in [0.2, 0.25) is 0 Å². The van der Waals surface area contributed by atoms with Crippen molar-refractivity contribution in [3.05, 3.63) is 143 Å². The fraction of sp³-hybridized carbons (Fsp3) is 0.227. The van der Waals surface area contributed by atoms with E-state index in [1.165, 1.54) is 0 Å². The maximum Gasteiger partial charge on any atom is 0.199 e. The first-order valence-corrected chi connectivity index (χ1v) is 17.0. The first-order chi connectivity index (χ1) is 24.6. The van der Waals surface area contributed by atoms with Crippen molar-refractivity contribution in [2.24, 2.45) is 0 Å². The minimum Gasteiger partial charge on any atom is -0.465 e. The zero-order valence-electron chi connectivity index (χ0n) is 27.8. The van der Waals surface area contributed by atoms with Gasteiger partial charge in [-0.05, 0) is 134 Å². The van der Waals surface area contributed by atoms with Gasteiger partial charge in [-0.15, -0.1) is 0 Å². The van der Waals surface area contributed by atoms with Gasteiger partial charge in [0.05, 0.1) is 13.2 Å². The fourth-order valence-electron chi connectivity index (χ4n) is 5.41. The quantitative estimate of drug-likeness (QED) is 0.0962. The molecule has 6 heteroatoms. The molecular formula is C44H38O6. The maximum absolute atomic E-state index is 12.7. The van der Waals surface area contributed by atoms with E-state index in [4.69, 9.17) is 18.9 Å². The van der Waals surface area contributed by atoms with E-state index in [-0.39, 0.29) is 24.1 Å². The highest BCUT2D eigenvalue weighted by Crippen LogP contribution is 2.22. The van der Waals surface area contributed by atoms with Crippen molar-refractivity contribution in [3.63, 3.8) is 0 Å². The number of hydrogen-bond donors (Lipinski definition) is 0. The molecule has 6 nitrogen and oxygen atoms in total. The minimum absolute atomic E-state index is 0.0950. The molecule has 2 atom stereocenters. The van der Waals surface area contributed by atoms with Gasteiger partial charge in [-0.1, -0.05) is 48.3 Å². The first-order valence-electron chi connectivity index (χ1n) is 17.0. The van der Waals surface area contributed by atoms with Crippen molar-refractivity contribution in [2.45, 2.75) is 51.1 Å². The van der Waals surface area contributed by atoms with Crippen molar-refractivity contribution in [2.75, 3.05) is 13.2 Å². The molecule has 0 aliphatic carbocycles. The van der Waals surface area contributed by atoms with Gasteiger partial charge in [-0.25, -0.2) is 0 Å². The summed E-state index contributed by atoms with van der Waals surface area (Å²) >= 11 is 0. The van der Waals surface area contributed by atoms with Crippen molar-refractivity contribution >= 4 is 23.7 Å². The van der Waals surface area contributed by atoms with E-state index in [0.29, 0.717) is 11.1 Å². The van der Waals surface area contributed by atoms with Gasteiger partial charge in [-0.3, -0.25) is 9.59 Å². The Bertz CT molecular complexity index is 1770. The molecular weight excluding hydrogens is 624 g/mol. The van der Waals surface area contributed by atoms with Crippen molar-refractivity contribution in [3.8, 4) is 35.2 Å². The highest BCUT2D eigenvalue weighted by molar-refractivity contribution is 6.07. The second kappa shape index (κ2) is 17.7. The van der Waals surface area contributed by atoms with Crippen LogP contribution in [0.1, 0.15) is 81.5 Å². The predicted octanol–water partition coefficient (Wildman–Crippen LogP) is 8.69. The van der Waals surface area contributed by atoms with Crippen LogP contribution in [-0.2, 0) is 9.47 Å². The van der Waals surface area contributed by atoms with Gasteiger partial charge in [0.1, 0.15) is 11.5 Å². The Hall–Kier alpha value is -5.66. The Morgan fingerprint density at radius 2 is 0.940 bits per heavy atom. The largest absolute Gasteiger partial charge is 0.465 e. The number of ketones is 2. The Labute approximate surface area is 293 Å². The summed E-state index contributed by atoms with van der Waals surface area (Å²) in [5, 5.41) is 0. The summed E-state index contributed by atoms with van der Waals surface area (Å²) in [5.74, 6) is 13.0. The molecule has 0 radical (unpaired) electrons. The number of carbonyl (C=O) groups is 2. The minimum atomic E-state index is -0.185. The standard InChI is InChI=1S/C44H38O6/c45-41(29-19-35-15-25-39(26-16-35)49-43-9-3-5-31-47-43)37-21-11-33(12-22-37)7-1-2-8-34-13-23-38(24-14-34)42(46)30-20-36-17-27-40(28-18-36)50-44-10-4-6-32-48-44/h11-30,43-44H,3-6,9-10,31-32H2/b29-19+,30-20+. The van der Waals surface area contributed by atoms with Crippen molar-refractivity contribution in [1.82, 2.24) is 0 Å².